The van der Waals surface area contributed by atoms with Gasteiger partial charge in [0, 0.05) is 18.0 Å². The molecular formula is C21H23N3O2S. The second-order valence-corrected chi connectivity index (χ2v) is 7.92. The van der Waals surface area contributed by atoms with Gasteiger partial charge >= 0.3 is 0 Å². The number of aryl methyl sites for hydroxylation is 2. The van der Waals surface area contributed by atoms with E-state index in [0.29, 0.717) is 12.5 Å². The molecule has 1 aromatic carbocycles. The van der Waals surface area contributed by atoms with E-state index in [1.807, 2.05) is 30.3 Å². The number of aliphatic hydroxyl groups excluding tert-OH is 1. The second kappa shape index (κ2) is 7.66. The average Bonchev–Trinajstić information content (AvgIpc) is 3.07. The molecule has 0 bridgehead atoms. The molecule has 0 radical (unpaired) electrons. The Balaban J connectivity index is 1.70. The highest BCUT2D eigenvalue weighted by atomic mass is 32.1. The first-order valence-electron chi connectivity index (χ1n) is 9.32. The number of nitrogens with zero attached hydrogens (tertiary/aromatic N) is 2. The van der Waals surface area contributed by atoms with E-state index < -0.39 is 6.10 Å². The summed E-state index contributed by atoms with van der Waals surface area (Å²) in [5.41, 5.74) is 2.00. The highest BCUT2D eigenvalue weighted by Gasteiger charge is 2.22. The SMILES string of the molecule is C=CCn1c(NCC(O)c2ccccc2)nc2sc3c(c2c1=O)CCCC3. The molecule has 2 N–H and O–H groups in total. The van der Waals surface area contributed by atoms with Crippen molar-refractivity contribution in [2.75, 3.05) is 11.9 Å². The largest absolute Gasteiger partial charge is 0.387 e. The molecule has 0 saturated heterocycles. The fourth-order valence-corrected chi connectivity index (χ4v) is 4.90. The van der Waals surface area contributed by atoms with E-state index >= 15 is 0 Å². The minimum atomic E-state index is -0.674. The van der Waals surface area contributed by atoms with Gasteiger partial charge in [0.15, 0.2) is 0 Å². The Kier molecular flexibility index (Phi) is 5.09. The van der Waals surface area contributed by atoms with Crippen molar-refractivity contribution in [3.63, 3.8) is 0 Å². The Bertz CT molecular complexity index is 1020. The van der Waals surface area contributed by atoms with Gasteiger partial charge in [-0.05, 0) is 36.8 Å². The summed E-state index contributed by atoms with van der Waals surface area (Å²) in [4.78, 5) is 20.0. The van der Waals surface area contributed by atoms with Crippen LogP contribution in [-0.4, -0.2) is 21.2 Å². The lowest BCUT2D eigenvalue weighted by atomic mass is 9.97. The van der Waals surface area contributed by atoms with Gasteiger partial charge in [-0.15, -0.1) is 17.9 Å². The van der Waals surface area contributed by atoms with Crippen molar-refractivity contribution in [2.24, 2.45) is 0 Å². The van der Waals surface area contributed by atoms with Gasteiger partial charge in [0.25, 0.3) is 5.56 Å². The Morgan fingerprint density at radius 2 is 2.07 bits per heavy atom. The van der Waals surface area contributed by atoms with E-state index in [9.17, 15) is 9.90 Å². The van der Waals surface area contributed by atoms with Crippen LogP contribution in [0, 0.1) is 0 Å². The number of hydrogen-bond acceptors (Lipinski definition) is 5. The molecule has 1 atom stereocenters. The Morgan fingerprint density at radius 1 is 1.30 bits per heavy atom. The molecular weight excluding hydrogens is 358 g/mol. The maximum atomic E-state index is 13.2. The molecule has 5 nitrogen and oxygen atoms in total. The number of fused-ring (bicyclic) bond motifs is 3. The molecule has 0 saturated carbocycles. The fraction of sp³-hybridized carbons (Fsp3) is 0.333. The van der Waals surface area contributed by atoms with E-state index in [1.54, 1.807) is 22.0 Å². The van der Waals surface area contributed by atoms with Crippen molar-refractivity contribution in [1.29, 1.82) is 0 Å². The van der Waals surface area contributed by atoms with Crippen LogP contribution in [-0.2, 0) is 19.4 Å². The quantitative estimate of drug-likeness (QED) is 0.640. The minimum Gasteiger partial charge on any atom is -0.387 e. The Hall–Kier alpha value is -2.44. The maximum absolute atomic E-state index is 13.2. The lowest BCUT2D eigenvalue weighted by Gasteiger charge is -2.16. The number of thiophene rings is 1. The summed E-state index contributed by atoms with van der Waals surface area (Å²) in [6, 6.07) is 9.47. The van der Waals surface area contributed by atoms with Gasteiger partial charge in [-0.25, -0.2) is 4.98 Å². The number of rotatable bonds is 6. The lowest BCUT2D eigenvalue weighted by molar-refractivity contribution is 0.191. The van der Waals surface area contributed by atoms with E-state index in [2.05, 4.69) is 11.9 Å². The average molecular weight is 382 g/mol. The third-order valence-corrected chi connectivity index (χ3v) is 6.21. The van der Waals surface area contributed by atoms with Gasteiger partial charge in [-0.2, -0.15) is 0 Å². The van der Waals surface area contributed by atoms with Crippen LogP contribution in [0.25, 0.3) is 10.2 Å². The van der Waals surface area contributed by atoms with E-state index in [0.717, 1.165) is 35.0 Å². The van der Waals surface area contributed by atoms with Crippen LogP contribution in [0.4, 0.5) is 5.95 Å². The summed E-state index contributed by atoms with van der Waals surface area (Å²) >= 11 is 1.63. The molecule has 2 heterocycles. The fourth-order valence-electron chi connectivity index (χ4n) is 3.65. The molecule has 1 aliphatic carbocycles. The molecule has 140 valence electrons. The van der Waals surface area contributed by atoms with Crippen LogP contribution in [0.15, 0.2) is 47.8 Å². The van der Waals surface area contributed by atoms with Crippen LogP contribution < -0.4 is 10.9 Å². The summed E-state index contributed by atoms with van der Waals surface area (Å²) in [7, 11) is 0. The minimum absolute atomic E-state index is 0.0176. The predicted octanol–water partition coefficient (Wildman–Crippen LogP) is 3.67. The molecule has 1 unspecified atom stereocenters. The summed E-state index contributed by atoms with van der Waals surface area (Å²) < 4.78 is 1.62. The zero-order valence-corrected chi connectivity index (χ0v) is 16.0. The molecule has 0 aliphatic heterocycles. The first-order valence-corrected chi connectivity index (χ1v) is 10.1. The van der Waals surface area contributed by atoms with Gasteiger partial charge in [0.2, 0.25) is 5.95 Å². The summed E-state index contributed by atoms with van der Waals surface area (Å²) in [6.45, 7) is 4.44. The Labute approximate surface area is 162 Å². The molecule has 2 aromatic heterocycles. The van der Waals surface area contributed by atoms with Crippen LogP contribution in [0.1, 0.15) is 34.9 Å². The number of hydrogen-bond donors (Lipinski definition) is 2. The van der Waals surface area contributed by atoms with Crippen molar-refractivity contribution in [3.05, 3.63) is 69.3 Å². The molecule has 0 amide bonds. The number of allylic oxidation sites excluding steroid dienone is 1. The highest BCUT2D eigenvalue weighted by Crippen LogP contribution is 2.34. The van der Waals surface area contributed by atoms with E-state index in [1.165, 1.54) is 16.9 Å². The molecule has 27 heavy (non-hydrogen) atoms. The van der Waals surface area contributed by atoms with Crippen molar-refractivity contribution >= 4 is 27.5 Å². The molecule has 6 heteroatoms. The maximum Gasteiger partial charge on any atom is 0.264 e. The highest BCUT2D eigenvalue weighted by molar-refractivity contribution is 7.18. The van der Waals surface area contributed by atoms with Crippen LogP contribution in [0.5, 0.6) is 0 Å². The smallest absolute Gasteiger partial charge is 0.264 e. The summed E-state index contributed by atoms with van der Waals surface area (Å²) in [6.07, 6.45) is 5.32. The zero-order valence-electron chi connectivity index (χ0n) is 15.1. The molecule has 1 aliphatic rings. The van der Waals surface area contributed by atoms with Crippen LogP contribution in [0.2, 0.25) is 0 Å². The normalized spacial score (nSPS) is 14.7. The van der Waals surface area contributed by atoms with Crippen molar-refractivity contribution in [1.82, 2.24) is 9.55 Å². The molecule has 4 rings (SSSR count). The van der Waals surface area contributed by atoms with Gasteiger partial charge in [-0.3, -0.25) is 9.36 Å². The second-order valence-electron chi connectivity index (χ2n) is 6.84. The number of anilines is 1. The zero-order chi connectivity index (χ0) is 18.8. The van der Waals surface area contributed by atoms with Gasteiger partial charge in [-0.1, -0.05) is 36.4 Å². The van der Waals surface area contributed by atoms with Crippen LogP contribution in [0.3, 0.4) is 0 Å². The van der Waals surface area contributed by atoms with Crippen molar-refractivity contribution in [2.45, 2.75) is 38.3 Å². The van der Waals surface area contributed by atoms with Crippen molar-refractivity contribution < 1.29 is 5.11 Å². The Morgan fingerprint density at radius 3 is 2.85 bits per heavy atom. The third-order valence-electron chi connectivity index (χ3n) is 5.02. The summed E-state index contributed by atoms with van der Waals surface area (Å²) in [5.74, 6) is 0.487. The number of nitrogens with one attached hydrogen (secondary N) is 1. The number of aliphatic hydroxyl groups is 1. The molecule has 0 fully saturated rings. The monoisotopic (exact) mass is 381 g/mol. The first-order chi connectivity index (χ1) is 13.2. The van der Waals surface area contributed by atoms with Gasteiger partial charge < -0.3 is 10.4 Å². The van der Waals surface area contributed by atoms with Crippen molar-refractivity contribution in [3.8, 4) is 0 Å². The molecule has 0 spiro atoms. The van der Waals surface area contributed by atoms with E-state index in [4.69, 9.17) is 4.98 Å². The third kappa shape index (κ3) is 3.42. The standard InChI is InChI=1S/C21H23N3O2S/c1-2-12-24-20(26)18-15-10-6-7-11-17(15)27-19(18)23-21(24)22-13-16(25)14-8-4-3-5-9-14/h2-5,8-9,16,25H,1,6-7,10-13H2,(H,22,23). The number of aromatic nitrogens is 2. The van der Waals surface area contributed by atoms with Gasteiger partial charge in [0.05, 0.1) is 11.5 Å². The van der Waals surface area contributed by atoms with Gasteiger partial charge in [0.1, 0.15) is 4.83 Å². The summed E-state index contributed by atoms with van der Waals surface area (Å²) in [5, 5.41) is 14.4. The number of benzene rings is 1. The van der Waals surface area contributed by atoms with Crippen LogP contribution >= 0.6 is 11.3 Å². The van der Waals surface area contributed by atoms with E-state index in [-0.39, 0.29) is 12.1 Å². The first kappa shape index (κ1) is 17.9. The molecule has 3 aromatic rings. The predicted molar refractivity (Wildman–Crippen MR) is 111 cm³/mol. The topological polar surface area (TPSA) is 67.2 Å². The lowest BCUT2D eigenvalue weighted by Crippen LogP contribution is -2.26.